The Bertz CT molecular complexity index is 279. The topological polar surface area (TPSA) is 58.7 Å². The molecule has 5 heteroatoms. The number of aliphatic imine (C=N–C) groups is 1. The Balaban J connectivity index is 2.02. The van der Waals surface area contributed by atoms with Crippen molar-refractivity contribution >= 4 is 22.7 Å². The second-order valence-corrected chi connectivity index (χ2v) is 5.09. The third kappa shape index (κ3) is 1.99. The summed E-state index contributed by atoms with van der Waals surface area (Å²) in [6, 6.07) is 0. The fourth-order valence-corrected chi connectivity index (χ4v) is 2.88. The molecule has 0 aromatic heterocycles. The van der Waals surface area contributed by atoms with Crippen LogP contribution in [0.5, 0.6) is 0 Å². The van der Waals surface area contributed by atoms with Gasteiger partial charge in [-0.1, -0.05) is 11.8 Å². The molecule has 0 aromatic rings. The average Bonchev–Trinajstić information content (AvgIpc) is 2.47. The Morgan fingerprint density at radius 1 is 1.64 bits per heavy atom. The Morgan fingerprint density at radius 2 is 2.43 bits per heavy atom. The van der Waals surface area contributed by atoms with Crippen molar-refractivity contribution in [1.29, 1.82) is 0 Å². The van der Waals surface area contributed by atoms with E-state index in [2.05, 4.69) is 16.9 Å². The first-order chi connectivity index (χ1) is 6.66. The van der Waals surface area contributed by atoms with Crippen LogP contribution in [0.15, 0.2) is 4.99 Å². The SMILES string of the molecule is CN1CCCC(C2=NC(=O)C(N)S2)C1. The zero-order valence-electron chi connectivity index (χ0n) is 8.27. The van der Waals surface area contributed by atoms with E-state index in [0.29, 0.717) is 5.92 Å². The first-order valence-electron chi connectivity index (χ1n) is 4.90. The summed E-state index contributed by atoms with van der Waals surface area (Å²) in [5.41, 5.74) is 5.60. The van der Waals surface area contributed by atoms with E-state index in [9.17, 15) is 4.79 Å². The summed E-state index contributed by atoms with van der Waals surface area (Å²) in [6.07, 6.45) is 2.32. The van der Waals surface area contributed by atoms with Gasteiger partial charge in [0, 0.05) is 12.5 Å². The van der Waals surface area contributed by atoms with Crippen molar-refractivity contribution < 1.29 is 4.79 Å². The summed E-state index contributed by atoms with van der Waals surface area (Å²) in [7, 11) is 2.11. The number of hydrogen-bond acceptors (Lipinski definition) is 4. The second-order valence-electron chi connectivity index (χ2n) is 3.93. The molecule has 0 spiro atoms. The van der Waals surface area contributed by atoms with Crippen molar-refractivity contribution in [3.63, 3.8) is 0 Å². The Hall–Kier alpha value is -0.390. The molecule has 1 fully saturated rings. The lowest BCUT2D eigenvalue weighted by Crippen LogP contribution is -2.35. The summed E-state index contributed by atoms with van der Waals surface area (Å²) in [5.74, 6) is 0.259. The van der Waals surface area contributed by atoms with Gasteiger partial charge in [-0.15, -0.1) is 0 Å². The molecule has 2 rings (SSSR count). The summed E-state index contributed by atoms with van der Waals surface area (Å²) in [5, 5.41) is 0.506. The highest BCUT2D eigenvalue weighted by atomic mass is 32.2. The number of piperidine rings is 1. The largest absolute Gasteiger partial charge is 0.311 e. The van der Waals surface area contributed by atoms with E-state index >= 15 is 0 Å². The summed E-state index contributed by atoms with van der Waals surface area (Å²) < 4.78 is 0. The molecule has 2 aliphatic heterocycles. The third-order valence-corrected chi connectivity index (χ3v) is 3.81. The molecule has 2 aliphatic rings. The number of likely N-dealkylation sites (tertiary alicyclic amines) is 1. The molecule has 2 atom stereocenters. The number of nitrogens with zero attached hydrogens (tertiary/aromatic N) is 2. The van der Waals surface area contributed by atoms with Crippen LogP contribution < -0.4 is 5.73 Å². The van der Waals surface area contributed by atoms with E-state index in [0.717, 1.165) is 24.6 Å². The van der Waals surface area contributed by atoms with Gasteiger partial charge in [0.15, 0.2) is 0 Å². The molecule has 0 saturated carbocycles. The highest BCUT2D eigenvalue weighted by Gasteiger charge is 2.31. The van der Waals surface area contributed by atoms with Gasteiger partial charge in [0.05, 0.1) is 5.04 Å². The predicted molar refractivity (Wildman–Crippen MR) is 58.2 cm³/mol. The average molecular weight is 213 g/mol. The van der Waals surface area contributed by atoms with Gasteiger partial charge in [-0.3, -0.25) is 4.79 Å². The van der Waals surface area contributed by atoms with E-state index < -0.39 is 5.37 Å². The van der Waals surface area contributed by atoms with Crippen LogP contribution in [0.25, 0.3) is 0 Å². The van der Waals surface area contributed by atoms with Crippen LogP contribution in [-0.2, 0) is 4.79 Å². The van der Waals surface area contributed by atoms with Gasteiger partial charge >= 0.3 is 0 Å². The molecule has 0 bridgehead atoms. The van der Waals surface area contributed by atoms with Crippen molar-refractivity contribution in [3.05, 3.63) is 0 Å². The molecular weight excluding hydrogens is 198 g/mol. The Morgan fingerprint density at radius 3 is 3.00 bits per heavy atom. The van der Waals surface area contributed by atoms with Crippen LogP contribution in [0.3, 0.4) is 0 Å². The van der Waals surface area contributed by atoms with E-state index in [1.54, 1.807) is 0 Å². The Kier molecular flexibility index (Phi) is 2.90. The monoisotopic (exact) mass is 213 g/mol. The zero-order valence-corrected chi connectivity index (χ0v) is 9.09. The van der Waals surface area contributed by atoms with E-state index in [1.165, 1.54) is 18.2 Å². The molecule has 14 heavy (non-hydrogen) atoms. The summed E-state index contributed by atoms with van der Waals surface area (Å²) in [6.45, 7) is 2.15. The number of rotatable bonds is 1. The maximum absolute atomic E-state index is 11.2. The smallest absolute Gasteiger partial charge is 0.274 e. The van der Waals surface area contributed by atoms with Crippen LogP contribution in [0.2, 0.25) is 0 Å². The first-order valence-corrected chi connectivity index (χ1v) is 5.78. The highest BCUT2D eigenvalue weighted by molar-refractivity contribution is 8.15. The molecule has 78 valence electrons. The quantitative estimate of drug-likeness (QED) is 0.680. The van der Waals surface area contributed by atoms with Gasteiger partial charge < -0.3 is 10.6 Å². The Labute approximate surface area is 87.9 Å². The van der Waals surface area contributed by atoms with Crippen molar-refractivity contribution in [2.45, 2.75) is 18.2 Å². The van der Waals surface area contributed by atoms with Gasteiger partial charge in [0.1, 0.15) is 5.37 Å². The molecule has 0 aromatic carbocycles. The lowest BCUT2D eigenvalue weighted by Gasteiger charge is -2.29. The van der Waals surface area contributed by atoms with Crippen LogP contribution in [0, 0.1) is 5.92 Å². The van der Waals surface area contributed by atoms with Crippen LogP contribution in [-0.4, -0.2) is 41.4 Å². The van der Waals surface area contributed by atoms with Crippen LogP contribution in [0.4, 0.5) is 0 Å². The molecule has 4 nitrogen and oxygen atoms in total. The van der Waals surface area contributed by atoms with E-state index in [1.807, 2.05) is 0 Å². The fourth-order valence-electron chi connectivity index (χ4n) is 1.93. The normalized spacial score (nSPS) is 34.7. The molecule has 1 amide bonds. The molecule has 0 aliphatic carbocycles. The fraction of sp³-hybridized carbons (Fsp3) is 0.778. The first kappa shape index (κ1) is 10.1. The minimum absolute atomic E-state index is 0.168. The van der Waals surface area contributed by atoms with E-state index in [-0.39, 0.29) is 5.91 Å². The maximum Gasteiger partial charge on any atom is 0.274 e. The maximum atomic E-state index is 11.2. The highest BCUT2D eigenvalue weighted by Crippen LogP contribution is 2.28. The van der Waals surface area contributed by atoms with Gasteiger partial charge in [0.2, 0.25) is 0 Å². The van der Waals surface area contributed by atoms with Crippen molar-refractivity contribution in [3.8, 4) is 0 Å². The van der Waals surface area contributed by atoms with Gasteiger partial charge in [0.25, 0.3) is 5.91 Å². The van der Waals surface area contributed by atoms with Crippen molar-refractivity contribution in [1.82, 2.24) is 4.90 Å². The molecule has 2 unspecified atom stereocenters. The number of carbonyl (C=O) groups excluding carboxylic acids is 1. The zero-order chi connectivity index (χ0) is 10.1. The minimum atomic E-state index is -0.447. The number of hydrogen-bond donors (Lipinski definition) is 1. The lowest BCUT2D eigenvalue weighted by atomic mass is 10.00. The number of carbonyl (C=O) groups is 1. The molecule has 2 heterocycles. The molecule has 2 N–H and O–H groups in total. The van der Waals surface area contributed by atoms with Gasteiger partial charge in [-0.25, -0.2) is 4.99 Å². The second kappa shape index (κ2) is 4.00. The van der Waals surface area contributed by atoms with E-state index in [4.69, 9.17) is 5.73 Å². The minimum Gasteiger partial charge on any atom is -0.311 e. The molecule has 0 radical (unpaired) electrons. The summed E-state index contributed by atoms with van der Waals surface area (Å²) in [4.78, 5) is 17.5. The standard InChI is InChI=1S/C9H15N3OS/c1-12-4-2-3-6(5-12)9-11-8(13)7(10)14-9/h6-7H,2-5,10H2,1H3. The summed E-state index contributed by atoms with van der Waals surface area (Å²) >= 11 is 1.43. The lowest BCUT2D eigenvalue weighted by molar-refractivity contribution is -0.117. The predicted octanol–water partition coefficient (Wildman–Crippen LogP) is 0.285. The van der Waals surface area contributed by atoms with Gasteiger partial charge in [-0.05, 0) is 26.4 Å². The van der Waals surface area contributed by atoms with Crippen molar-refractivity contribution in [2.75, 3.05) is 20.1 Å². The molecular formula is C9H15N3OS. The number of nitrogens with two attached hydrogens (primary N) is 1. The van der Waals surface area contributed by atoms with Crippen LogP contribution >= 0.6 is 11.8 Å². The third-order valence-electron chi connectivity index (χ3n) is 2.69. The van der Waals surface area contributed by atoms with Gasteiger partial charge in [-0.2, -0.15) is 0 Å². The van der Waals surface area contributed by atoms with Crippen LogP contribution in [0.1, 0.15) is 12.8 Å². The number of thioether (sulfide) groups is 1. The molecule has 1 saturated heterocycles. The van der Waals surface area contributed by atoms with Crippen molar-refractivity contribution in [2.24, 2.45) is 16.6 Å². The number of amides is 1.